The minimum Gasteiger partial charge on any atom is -0.0688 e. The monoisotopic (exact) mass is 274 g/mol. The van der Waals surface area contributed by atoms with Gasteiger partial charge in [0, 0.05) is 0 Å². The lowest BCUT2D eigenvalue weighted by Crippen LogP contribution is -2.38. The summed E-state index contributed by atoms with van der Waals surface area (Å²) in [6.07, 6.45) is 11.4. The molecule has 0 spiro atoms. The van der Waals surface area contributed by atoms with E-state index in [0.29, 0.717) is 5.41 Å². The Morgan fingerprint density at radius 1 is 0.650 bits per heavy atom. The summed E-state index contributed by atoms with van der Waals surface area (Å²) in [6.45, 7) is 12.0. The van der Waals surface area contributed by atoms with Crippen LogP contribution in [0.4, 0.5) is 0 Å². The highest BCUT2D eigenvalue weighted by atomic mass is 14.5. The molecule has 0 saturated heterocycles. The van der Waals surface area contributed by atoms with E-state index in [2.05, 4.69) is 34.6 Å². The maximum Gasteiger partial charge on any atom is 0.0742 e. The second-order valence-corrected chi connectivity index (χ2v) is 9.15. The van der Waals surface area contributed by atoms with Crippen molar-refractivity contribution in [2.24, 2.45) is 29.1 Å². The molecule has 0 amide bonds. The predicted molar refractivity (Wildman–Crippen MR) is 90.1 cm³/mol. The summed E-state index contributed by atoms with van der Waals surface area (Å²) in [5.74, 6) is 3.60. The molecule has 0 aromatic carbocycles. The van der Waals surface area contributed by atoms with E-state index in [1.807, 2.05) is 0 Å². The SMILES string of the molecule is [B]C(C)(C)C1CCC(C(C)(C)C2CCC(C)CC2)CC1. The molecule has 114 valence electrons. The fourth-order valence-electron chi connectivity index (χ4n) is 4.92. The van der Waals surface area contributed by atoms with Gasteiger partial charge in [-0.25, -0.2) is 0 Å². The lowest BCUT2D eigenvalue weighted by Gasteiger charge is -2.48. The van der Waals surface area contributed by atoms with Crippen molar-refractivity contribution in [1.29, 1.82) is 0 Å². The van der Waals surface area contributed by atoms with Crippen LogP contribution in [0.1, 0.15) is 86.0 Å². The summed E-state index contributed by atoms with van der Waals surface area (Å²) < 4.78 is 0. The summed E-state index contributed by atoms with van der Waals surface area (Å²) in [5, 5.41) is 0.0232. The maximum absolute atomic E-state index is 6.32. The predicted octanol–water partition coefficient (Wildman–Crippen LogP) is 6.01. The number of rotatable bonds is 3. The summed E-state index contributed by atoms with van der Waals surface area (Å²) >= 11 is 0. The van der Waals surface area contributed by atoms with Crippen molar-refractivity contribution in [2.75, 3.05) is 0 Å². The lowest BCUT2D eigenvalue weighted by molar-refractivity contribution is 0.0365. The molecule has 2 aliphatic carbocycles. The molecule has 0 heterocycles. The van der Waals surface area contributed by atoms with Gasteiger partial charge in [0.25, 0.3) is 0 Å². The highest BCUT2D eigenvalue weighted by Crippen LogP contribution is 2.52. The van der Waals surface area contributed by atoms with Gasteiger partial charge in [0.1, 0.15) is 0 Å². The van der Waals surface area contributed by atoms with E-state index in [1.54, 1.807) is 0 Å². The van der Waals surface area contributed by atoms with Crippen molar-refractivity contribution in [1.82, 2.24) is 0 Å². The van der Waals surface area contributed by atoms with E-state index < -0.39 is 0 Å². The van der Waals surface area contributed by atoms with Gasteiger partial charge in [0.05, 0.1) is 7.85 Å². The molecular formula is C19H35B. The normalized spacial score (nSPS) is 36.9. The number of hydrogen-bond acceptors (Lipinski definition) is 0. The molecule has 0 atom stereocenters. The molecule has 0 N–H and O–H groups in total. The molecule has 0 bridgehead atoms. The zero-order chi connectivity index (χ0) is 15.0. The summed E-state index contributed by atoms with van der Waals surface area (Å²) in [6, 6.07) is 0. The summed E-state index contributed by atoms with van der Waals surface area (Å²) in [5.41, 5.74) is 0.545. The third kappa shape index (κ3) is 3.63. The van der Waals surface area contributed by atoms with Crippen molar-refractivity contribution < 1.29 is 0 Å². The van der Waals surface area contributed by atoms with Crippen molar-refractivity contribution in [3.8, 4) is 0 Å². The Morgan fingerprint density at radius 2 is 1.00 bits per heavy atom. The van der Waals surface area contributed by atoms with Crippen LogP contribution in [0, 0.1) is 29.1 Å². The van der Waals surface area contributed by atoms with Gasteiger partial charge in [0.15, 0.2) is 0 Å². The molecule has 2 saturated carbocycles. The molecule has 0 nitrogen and oxygen atoms in total. The van der Waals surface area contributed by atoms with Crippen LogP contribution in [-0.4, -0.2) is 7.85 Å². The quantitative estimate of drug-likeness (QED) is 0.553. The third-order valence-electron chi connectivity index (χ3n) is 6.90. The molecule has 0 aliphatic heterocycles. The van der Waals surface area contributed by atoms with Crippen LogP contribution in [-0.2, 0) is 0 Å². The van der Waals surface area contributed by atoms with Gasteiger partial charge < -0.3 is 0 Å². The van der Waals surface area contributed by atoms with E-state index >= 15 is 0 Å². The van der Waals surface area contributed by atoms with Gasteiger partial charge in [-0.15, -0.1) is 0 Å². The first-order valence-electron chi connectivity index (χ1n) is 9.00. The van der Waals surface area contributed by atoms with E-state index in [-0.39, 0.29) is 5.31 Å². The Kier molecular flexibility index (Phi) is 4.97. The molecule has 0 aromatic rings. The van der Waals surface area contributed by atoms with Gasteiger partial charge in [-0.2, -0.15) is 0 Å². The maximum atomic E-state index is 6.32. The minimum absolute atomic E-state index is 0.0232. The Labute approximate surface area is 128 Å². The van der Waals surface area contributed by atoms with Crippen LogP contribution in [0.25, 0.3) is 0 Å². The Morgan fingerprint density at radius 3 is 1.40 bits per heavy atom. The van der Waals surface area contributed by atoms with Gasteiger partial charge in [0.2, 0.25) is 0 Å². The zero-order valence-electron chi connectivity index (χ0n) is 14.5. The minimum atomic E-state index is 0.0232. The first kappa shape index (κ1) is 16.4. The second-order valence-electron chi connectivity index (χ2n) is 9.15. The van der Waals surface area contributed by atoms with Crippen molar-refractivity contribution in [3.05, 3.63) is 0 Å². The average Bonchev–Trinajstić information content (AvgIpc) is 2.38. The van der Waals surface area contributed by atoms with Crippen LogP contribution in [0.3, 0.4) is 0 Å². The fraction of sp³-hybridized carbons (Fsp3) is 1.00. The largest absolute Gasteiger partial charge is 0.0742 e. The van der Waals surface area contributed by atoms with Crippen LogP contribution in [0.5, 0.6) is 0 Å². The fourth-order valence-corrected chi connectivity index (χ4v) is 4.92. The van der Waals surface area contributed by atoms with E-state index in [1.165, 1.54) is 51.4 Å². The van der Waals surface area contributed by atoms with E-state index in [4.69, 9.17) is 7.85 Å². The van der Waals surface area contributed by atoms with Gasteiger partial charge in [-0.1, -0.05) is 65.6 Å². The van der Waals surface area contributed by atoms with Crippen LogP contribution in [0.15, 0.2) is 0 Å². The van der Waals surface area contributed by atoms with Gasteiger partial charge >= 0.3 is 0 Å². The molecule has 2 radical (unpaired) electrons. The molecule has 2 fully saturated rings. The number of hydrogen-bond donors (Lipinski definition) is 0. The van der Waals surface area contributed by atoms with Gasteiger partial charge in [-0.05, 0) is 54.8 Å². The lowest BCUT2D eigenvalue weighted by atomic mass is 9.54. The van der Waals surface area contributed by atoms with Crippen LogP contribution < -0.4 is 0 Å². The molecule has 2 rings (SSSR count). The Bertz CT molecular complexity index is 296. The highest BCUT2D eigenvalue weighted by molar-refractivity contribution is 6.14. The van der Waals surface area contributed by atoms with Crippen molar-refractivity contribution >= 4 is 7.85 Å². The van der Waals surface area contributed by atoms with E-state index in [0.717, 1.165) is 23.7 Å². The second kappa shape index (κ2) is 6.05. The molecule has 0 aromatic heterocycles. The highest BCUT2D eigenvalue weighted by Gasteiger charge is 2.41. The topological polar surface area (TPSA) is 0 Å². The van der Waals surface area contributed by atoms with Crippen molar-refractivity contribution in [2.45, 2.75) is 91.3 Å². The van der Waals surface area contributed by atoms with Gasteiger partial charge in [-0.3, -0.25) is 0 Å². The standard InChI is InChI=1S/C19H35B/c1-14-6-8-15(9-7-14)18(2,3)16-10-12-17(13-11-16)19(4,5)20/h14-17H,6-13H2,1-5H3. The average molecular weight is 274 g/mol. The molecular weight excluding hydrogens is 239 g/mol. The third-order valence-corrected chi connectivity index (χ3v) is 6.90. The smallest absolute Gasteiger partial charge is 0.0688 e. The van der Waals surface area contributed by atoms with Crippen LogP contribution in [0.2, 0.25) is 5.31 Å². The Hall–Kier alpha value is 0.0649. The first-order valence-corrected chi connectivity index (χ1v) is 9.00. The van der Waals surface area contributed by atoms with Crippen LogP contribution >= 0.6 is 0 Å². The Balaban J connectivity index is 1.91. The zero-order valence-corrected chi connectivity index (χ0v) is 14.5. The molecule has 1 heteroatoms. The van der Waals surface area contributed by atoms with E-state index in [9.17, 15) is 0 Å². The summed E-state index contributed by atoms with van der Waals surface area (Å²) in [4.78, 5) is 0. The first-order chi connectivity index (χ1) is 9.21. The molecule has 2 aliphatic rings. The summed E-state index contributed by atoms with van der Waals surface area (Å²) in [7, 11) is 6.32. The molecule has 0 unspecified atom stereocenters. The van der Waals surface area contributed by atoms with Crippen molar-refractivity contribution in [3.63, 3.8) is 0 Å². The molecule has 20 heavy (non-hydrogen) atoms.